The number of hydrogen-bond donors (Lipinski definition) is 2. The third-order valence-electron chi connectivity index (χ3n) is 13.4. The Morgan fingerprint density at radius 2 is 1.23 bits per heavy atom. The van der Waals surface area contributed by atoms with E-state index in [-0.39, 0.29) is 16.6 Å². The highest BCUT2D eigenvalue weighted by atomic mass is 16.5. The number of carbonyl (C=O) groups excluding carboxylic acids is 2. The number of methoxy groups -OCH3 is 2. The molecule has 2 aromatic carbocycles. The fraction of sp³-hybridized carbons (Fsp3) is 0.632. The summed E-state index contributed by atoms with van der Waals surface area (Å²) in [5.74, 6) is 6.24. The highest BCUT2D eigenvalue weighted by Gasteiger charge is 2.56. The molecule has 0 heterocycles. The predicted octanol–water partition coefficient (Wildman–Crippen LogP) is 7.65. The SMILES string of the molecule is COc1cc(O)cc2c1[C@H]1CC[C@]3(C)C(=O)CC[C@H]3[C@@H]1CC2.COc1cc2c(cc1O)CC[C@@H]1[C@@H]2CC[C@]2(C)C(=O)CC[C@@H]12. The Morgan fingerprint density at radius 3 is 1.84 bits per heavy atom. The summed E-state index contributed by atoms with van der Waals surface area (Å²) in [6.07, 6.45) is 12.1. The number of aromatic hydroxyl groups is 2. The lowest BCUT2D eigenvalue weighted by Crippen LogP contribution is -2.42. The van der Waals surface area contributed by atoms with Gasteiger partial charge in [-0.25, -0.2) is 0 Å². The van der Waals surface area contributed by atoms with E-state index in [0.717, 1.165) is 82.8 Å². The zero-order chi connectivity index (χ0) is 31.0. The normalized spacial score (nSPS) is 36.5. The van der Waals surface area contributed by atoms with E-state index < -0.39 is 0 Å². The average Bonchev–Trinajstić information content (AvgIpc) is 3.50. The summed E-state index contributed by atoms with van der Waals surface area (Å²) in [5, 5.41) is 19.9. The van der Waals surface area contributed by atoms with Crippen molar-refractivity contribution in [2.24, 2.45) is 34.5 Å². The van der Waals surface area contributed by atoms with Crippen LogP contribution in [-0.4, -0.2) is 36.0 Å². The maximum atomic E-state index is 12.4. The number of fused-ring (bicyclic) bond motifs is 10. The van der Waals surface area contributed by atoms with Gasteiger partial charge in [-0.3, -0.25) is 9.59 Å². The molecule has 0 aromatic heterocycles. The smallest absolute Gasteiger partial charge is 0.160 e. The van der Waals surface area contributed by atoms with Gasteiger partial charge in [-0.05, 0) is 135 Å². The van der Waals surface area contributed by atoms with Gasteiger partial charge in [0.1, 0.15) is 23.1 Å². The predicted molar refractivity (Wildman–Crippen MR) is 169 cm³/mol. The molecule has 0 amide bonds. The van der Waals surface area contributed by atoms with E-state index in [0.29, 0.717) is 58.6 Å². The summed E-state index contributed by atoms with van der Waals surface area (Å²) in [5.41, 5.74) is 5.02. The maximum absolute atomic E-state index is 12.4. The van der Waals surface area contributed by atoms with Gasteiger partial charge in [-0.2, -0.15) is 0 Å². The van der Waals surface area contributed by atoms with Crippen molar-refractivity contribution in [1.29, 1.82) is 0 Å². The molecular weight excluding hydrogens is 552 g/mol. The molecule has 236 valence electrons. The van der Waals surface area contributed by atoms with Gasteiger partial charge in [0.15, 0.2) is 11.5 Å². The van der Waals surface area contributed by atoms with Gasteiger partial charge in [0.25, 0.3) is 0 Å². The molecule has 8 atom stereocenters. The Balaban J connectivity index is 0.000000142. The average molecular weight is 601 g/mol. The van der Waals surface area contributed by atoms with Gasteiger partial charge >= 0.3 is 0 Å². The fourth-order valence-corrected chi connectivity index (χ4v) is 11.1. The van der Waals surface area contributed by atoms with Crippen LogP contribution in [0.4, 0.5) is 0 Å². The lowest BCUT2D eigenvalue weighted by molar-refractivity contribution is -0.130. The van der Waals surface area contributed by atoms with E-state index in [9.17, 15) is 19.8 Å². The van der Waals surface area contributed by atoms with E-state index in [4.69, 9.17) is 9.47 Å². The van der Waals surface area contributed by atoms with Crippen molar-refractivity contribution in [3.05, 3.63) is 46.5 Å². The maximum Gasteiger partial charge on any atom is 0.160 e. The molecule has 4 fully saturated rings. The topological polar surface area (TPSA) is 93.1 Å². The minimum atomic E-state index is -0.0805. The van der Waals surface area contributed by atoms with E-state index in [1.165, 1.54) is 22.3 Å². The highest BCUT2D eigenvalue weighted by Crippen LogP contribution is 2.62. The number of carbonyl (C=O) groups is 2. The van der Waals surface area contributed by atoms with Crippen LogP contribution in [0, 0.1) is 34.5 Å². The van der Waals surface area contributed by atoms with Gasteiger partial charge in [-0.15, -0.1) is 0 Å². The molecule has 44 heavy (non-hydrogen) atoms. The number of phenolic OH excluding ortho intramolecular Hbond substituents is 2. The van der Waals surface area contributed by atoms with Gasteiger partial charge in [0, 0.05) is 35.3 Å². The van der Waals surface area contributed by atoms with Crippen LogP contribution < -0.4 is 9.47 Å². The number of phenols is 2. The molecule has 0 unspecified atom stereocenters. The Labute approximate surface area is 261 Å². The van der Waals surface area contributed by atoms with Crippen LogP contribution >= 0.6 is 0 Å². The zero-order valence-electron chi connectivity index (χ0n) is 26.8. The van der Waals surface area contributed by atoms with Gasteiger partial charge in [0.05, 0.1) is 14.2 Å². The van der Waals surface area contributed by atoms with Crippen molar-refractivity contribution in [3.8, 4) is 23.0 Å². The Kier molecular flexibility index (Phi) is 7.29. The Hall–Kier alpha value is -3.02. The Morgan fingerprint density at radius 1 is 0.659 bits per heavy atom. The van der Waals surface area contributed by atoms with Gasteiger partial charge in [0.2, 0.25) is 0 Å². The molecule has 0 aliphatic heterocycles. The minimum absolute atomic E-state index is 0.0698. The molecular formula is C38H48O6. The van der Waals surface area contributed by atoms with Crippen molar-refractivity contribution >= 4 is 11.6 Å². The molecule has 0 radical (unpaired) electrons. The van der Waals surface area contributed by atoms with E-state index >= 15 is 0 Å². The first-order valence-electron chi connectivity index (χ1n) is 16.9. The molecule has 6 aliphatic carbocycles. The van der Waals surface area contributed by atoms with Crippen molar-refractivity contribution < 1.29 is 29.3 Å². The van der Waals surface area contributed by atoms with Crippen LogP contribution in [0.25, 0.3) is 0 Å². The van der Waals surface area contributed by atoms with Crippen LogP contribution in [0.2, 0.25) is 0 Å². The Bertz CT molecular complexity index is 1480. The van der Waals surface area contributed by atoms with E-state index in [1.54, 1.807) is 20.3 Å². The standard InChI is InChI=1S/2C19H24O3/c1-19-8-7-14-13(15(19)5-6-17(19)21)4-3-11-9-12(20)10-16(22-2)18(11)14;1-19-8-7-12-13(15(19)5-6-18(19)21)4-3-11-9-16(20)17(22-2)10-14(11)12/h9-10,13-15,20H,3-8H2,1-2H3;9-10,12-13,15,20H,3-8H2,1-2H3/t13-,14+,15+,19+;12-,13+,15-,19-/m10/s1. The number of Topliss-reactive ketones (excluding diaryl/α,β-unsaturated/α-hetero) is 2. The number of benzene rings is 2. The second-order valence-electron chi connectivity index (χ2n) is 15.1. The van der Waals surface area contributed by atoms with E-state index in [1.807, 2.05) is 18.2 Å². The zero-order valence-corrected chi connectivity index (χ0v) is 26.8. The third-order valence-corrected chi connectivity index (χ3v) is 13.4. The largest absolute Gasteiger partial charge is 0.508 e. The van der Waals surface area contributed by atoms with Crippen LogP contribution in [0.5, 0.6) is 23.0 Å². The van der Waals surface area contributed by atoms with Crippen molar-refractivity contribution in [3.63, 3.8) is 0 Å². The number of ether oxygens (including phenoxy) is 2. The van der Waals surface area contributed by atoms with Crippen LogP contribution in [0.15, 0.2) is 24.3 Å². The summed E-state index contributed by atoms with van der Waals surface area (Å²) in [7, 11) is 3.29. The molecule has 0 bridgehead atoms. The van der Waals surface area contributed by atoms with E-state index in [2.05, 4.69) is 13.8 Å². The van der Waals surface area contributed by atoms with Gasteiger partial charge < -0.3 is 19.7 Å². The number of ketones is 2. The summed E-state index contributed by atoms with van der Waals surface area (Å²) in [6, 6.07) is 7.58. The number of hydrogen-bond acceptors (Lipinski definition) is 6. The van der Waals surface area contributed by atoms with Crippen molar-refractivity contribution in [2.75, 3.05) is 14.2 Å². The fourth-order valence-electron chi connectivity index (χ4n) is 11.1. The van der Waals surface area contributed by atoms with Crippen molar-refractivity contribution in [2.45, 2.75) is 103 Å². The summed E-state index contributed by atoms with van der Waals surface area (Å²) in [6.45, 7) is 4.41. The molecule has 6 heteroatoms. The first-order chi connectivity index (χ1) is 21.1. The van der Waals surface area contributed by atoms with Gasteiger partial charge in [-0.1, -0.05) is 13.8 Å². The molecule has 2 aromatic rings. The molecule has 2 N–H and O–H groups in total. The van der Waals surface area contributed by atoms with Crippen molar-refractivity contribution in [1.82, 2.24) is 0 Å². The monoisotopic (exact) mass is 600 g/mol. The quantitative estimate of drug-likeness (QED) is 0.368. The lowest BCUT2D eigenvalue weighted by atomic mass is 9.55. The molecule has 0 saturated heterocycles. The molecule has 8 rings (SSSR count). The van der Waals surface area contributed by atoms with Crippen LogP contribution in [-0.2, 0) is 22.4 Å². The molecule has 6 aliphatic rings. The summed E-state index contributed by atoms with van der Waals surface area (Å²) in [4.78, 5) is 24.7. The lowest BCUT2D eigenvalue weighted by Gasteiger charge is -2.48. The molecule has 6 nitrogen and oxygen atoms in total. The molecule has 0 spiro atoms. The third kappa shape index (κ3) is 4.41. The van der Waals surface area contributed by atoms with Crippen LogP contribution in [0.3, 0.4) is 0 Å². The minimum Gasteiger partial charge on any atom is -0.508 e. The number of rotatable bonds is 2. The highest BCUT2D eigenvalue weighted by molar-refractivity contribution is 5.87. The first-order valence-corrected chi connectivity index (χ1v) is 16.9. The molecule has 4 saturated carbocycles. The second kappa shape index (κ2) is 10.8. The summed E-state index contributed by atoms with van der Waals surface area (Å²) < 4.78 is 10.9. The first kappa shape index (κ1) is 29.7. The number of aryl methyl sites for hydroxylation is 2. The van der Waals surface area contributed by atoms with Crippen LogP contribution in [0.1, 0.15) is 112 Å². The second-order valence-corrected chi connectivity index (χ2v) is 15.1. The summed E-state index contributed by atoms with van der Waals surface area (Å²) >= 11 is 0.